The zero-order valence-corrected chi connectivity index (χ0v) is 14.3. The molecule has 0 unspecified atom stereocenters. The normalized spacial score (nSPS) is 10.7. The molecule has 0 aliphatic heterocycles. The van der Waals surface area contributed by atoms with Crippen LogP contribution in [0.2, 0.25) is 0 Å². The fraction of sp³-hybridized carbons (Fsp3) is 0.111. The van der Waals surface area contributed by atoms with Crippen LogP contribution >= 0.6 is 23.3 Å². The topological polar surface area (TPSA) is 24.1 Å². The number of benzene rings is 2. The van der Waals surface area contributed by atoms with Gasteiger partial charge in [0.25, 0.3) is 0 Å². The van der Waals surface area contributed by atoms with Crippen molar-refractivity contribution in [3.63, 3.8) is 0 Å². The quantitative estimate of drug-likeness (QED) is 0.586. The van der Waals surface area contributed by atoms with Crippen LogP contribution in [0.15, 0.2) is 64.9 Å². The van der Waals surface area contributed by atoms with Gasteiger partial charge in [0.05, 0.1) is 5.69 Å². The fourth-order valence-electron chi connectivity index (χ4n) is 2.25. The lowest BCUT2D eigenvalue weighted by atomic mass is 10.1. The molecule has 2 aromatic carbocycles. The number of thiophene rings is 1. The van der Waals surface area contributed by atoms with Gasteiger partial charge in [-0.2, -0.15) is 0 Å². The largest absolute Gasteiger partial charge is 0.325 e. The van der Waals surface area contributed by atoms with Crippen molar-refractivity contribution in [1.82, 2.24) is 5.32 Å². The number of hydrogen-bond acceptors (Lipinski definition) is 4. The molecule has 0 aliphatic rings. The average molecular weight is 344 g/mol. The maximum absolute atomic E-state index is 13.0. The van der Waals surface area contributed by atoms with E-state index in [-0.39, 0.29) is 5.82 Å². The lowest BCUT2D eigenvalue weighted by Gasteiger charge is -2.12. The fourth-order valence-corrected chi connectivity index (χ4v) is 3.69. The monoisotopic (exact) mass is 344 g/mol. The minimum Gasteiger partial charge on any atom is -0.325 e. The highest BCUT2D eigenvalue weighted by atomic mass is 32.2. The van der Waals surface area contributed by atoms with Crippen molar-refractivity contribution in [2.24, 2.45) is 0 Å². The maximum Gasteiger partial charge on any atom is 0.123 e. The highest BCUT2D eigenvalue weighted by Gasteiger charge is 2.08. The van der Waals surface area contributed by atoms with Crippen molar-refractivity contribution >= 4 is 29.0 Å². The van der Waals surface area contributed by atoms with E-state index < -0.39 is 0 Å². The SMILES string of the molecule is CNCc1ccc(-c2cccs2)c(NSc2ccc(F)cc2)c1. The van der Waals surface area contributed by atoms with Gasteiger partial charge in [-0.3, -0.25) is 0 Å². The van der Waals surface area contributed by atoms with Crippen LogP contribution in [0.3, 0.4) is 0 Å². The maximum atomic E-state index is 13.0. The average Bonchev–Trinajstić information content (AvgIpc) is 3.09. The van der Waals surface area contributed by atoms with Crippen LogP contribution in [0.4, 0.5) is 10.1 Å². The molecule has 5 heteroatoms. The van der Waals surface area contributed by atoms with E-state index in [9.17, 15) is 4.39 Å². The summed E-state index contributed by atoms with van der Waals surface area (Å²) in [5, 5.41) is 5.25. The zero-order chi connectivity index (χ0) is 16.1. The van der Waals surface area contributed by atoms with E-state index in [1.165, 1.54) is 40.1 Å². The van der Waals surface area contributed by atoms with Crippen molar-refractivity contribution in [2.45, 2.75) is 11.4 Å². The summed E-state index contributed by atoms with van der Waals surface area (Å²) in [5.74, 6) is -0.218. The third-order valence-corrected chi connectivity index (χ3v) is 5.08. The number of anilines is 1. The predicted molar refractivity (Wildman–Crippen MR) is 98.4 cm³/mol. The lowest BCUT2D eigenvalue weighted by Crippen LogP contribution is -2.05. The van der Waals surface area contributed by atoms with Gasteiger partial charge < -0.3 is 10.0 Å². The molecule has 0 saturated carbocycles. The van der Waals surface area contributed by atoms with Crippen molar-refractivity contribution in [3.8, 4) is 10.4 Å². The molecule has 2 nitrogen and oxygen atoms in total. The molecule has 118 valence electrons. The Morgan fingerprint density at radius 2 is 1.91 bits per heavy atom. The molecule has 0 amide bonds. The molecule has 0 radical (unpaired) electrons. The lowest BCUT2D eigenvalue weighted by molar-refractivity contribution is 0.626. The molecule has 3 aromatic rings. The van der Waals surface area contributed by atoms with Gasteiger partial charge in [0.15, 0.2) is 0 Å². The Morgan fingerprint density at radius 3 is 2.61 bits per heavy atom. The van der Waals surface area contributed by atoms with Gasteiger partial charge in [0.2, 0.25) is 0 Å². The van der Waals surface area contributed by atoms with Gasteiger partial charge in [-0.1, -0.05) is 18.2 Å². The molecule has 3 rings (SSSR count). The summed E-state index contributed by atoms with van der Waals surface area (Å²) >= 11 is 3.21. The third-order valence-electron chi connectivity index (χ3n) is 3.34. The van der Waals surface area contributed by atoms with Crippen molar-refractivity contribution in [3.05, 3.63) is 71.4 Å². The molecule has 0 atom stereocenters. The van der Waals surface area contributed by atoms with Crippen molar-refractivity contribution in [1.29, 1.82) is 0 Å². The van der Waals surface area contributed by atoms with Gasteiger partial charge in [-0.05, 0) is 66.3 Å². The number of halogens is 1. The van der Waals surface area contributed by atoms with Gasteiger partial charge >= 0.3 is 0 Å². The molecule has 0 spiro atoms. The van der Waals surface area contributed by atoms with Crippen LogP contribution in [-0.4, -0.2) is 7.05 Å². The highest BCUT2D eigenvalue weighted by molar-refractivity contribution is 8.00. The summed E-state index contributed by atoms with van der Waals surface area (Å²) in [6, 6.07) is 17.1. The molecule has 0 fully saturated rings. The Hall–Kier alpha value is -1.82. The Morgan fingerprint density at radius 1 is 1.09 bits per heavy atom. The first-order chi connectivity index (χ1) is 11.3. The first kappa shape index (κ1) is 16.1. The minimum absolute atomic E-state index is 0.218. The zero-order valence-electron chi connectivity index (χ0n) is 12.7. The van der Waals surface area contributed by atoms with Gasteiger partial charge in [0, 0.05) is 21.9 Å². The predicted octanol–water partition coefficient (Wildman–Crippen LogP) is 5.39. The van der Waals surface area contributed by atoms with E-state index in [0.29, 0.717) is 0 Å². The van der Waals surface area contributed by atoms with E-state index in [1.807, 2.05) is 7.05 Å². The Labute approximate surface area is 143 Å². The second-order valence-electron chi connectivity index (χ2n) is 5.05. The standard InChI is InChI=1S/C18H17FN2S2/c1-20-12-13-4-9-16(18-3-2-10-22-18)17(11-13)21-23-15-7-5-14(19)6-8-15/h2-11,20-21H,12H2,1H3. The van der Waals surface area contributed by atoms with E-state index in [2.05, 4.69) is 45.8 Å². The van der Waals surface area contributed by atoms with Crippen molar-refractivity contribution in [2.75, 3.05) is 11.8 Å². The van der Waals surface area contributed by atoms with E-state index in [4.69, 9.17) is 0 Å². The molecule has 0 saturated heterocycles. The summed E-state index contributed by atoms with van der Waals surface area (Å²) in [6.45, 7) is 0.820. The molecule has 0 bridgehead atoms. The summed E-state index contributed by atoms with van der Waals surface area (Å²) in [7, 11) is 1.94. The highest BCUT2D eigenvalue weighted by Crippen LogP contribution is 2.35. The second kappa shape index (κ2) is 7.64. The van der Waals surface area contributed by atoms with Gasteiger partial charge in [-0.15, -0.1) is 11.3 Å². The molecule has 1 heterocycles. The summed E-state index contributed by atoms with van der Waals surface area (Å²) < 4.78 is 16.4. The van der Waals surface area contributed by atoms with Gasteiger partial charge in [0.1, 0.15) is 5.82 Å². The number of hydrogen-bond donors (Lipinski definition) is 2. The van der Waals surface area contributed by atoms with Crippen LogP contribution in [0, 0.1) is 5.82 Å². The van der Waals surface area contributed by atoms with E-state index >= 15 is 0 Å². The molecular formula is C18H17FN2S2. The van der Waals surface area contributed by atoms with Crippen LogP contribution in [0.5, 0.6) is 0 Å². The van der Waals surface area contributed by atoms with Crippen LogP contribution < -0.4 is 10.0 Å². The Bertz CT molecular complexity index is 755. The molecule has 2 N–H and O–H groups in total. The Kier molecular flexibility index (Phi) is 5.33. The molecule has 0 aliphatic carbocycles. The molecule has 23 heavy (non-hydrogen) atoms. The molecule has 1 aromatic heterocycles. The third kappa shape index (κ3) is 4.13. The molecular weight excluding hydrogens is 327 g/mol. The Balaban J connectivity index is 1.85. The first-order valence-electron chi connectivity index (χ1n) is 7.26. The van der Waals surface area contributed by atoms with E-state index in [1.54, 1.807) is 23.5 Å². The second-order valence-corrected chi connectivity index (χ2v) is 6.87. The number of nitrogens with one attached hydrogen (secondary N) is 2. The smallest absolute Gasteiger partial charge is 0.123 e. The van der Waals surface area contributed by atoms with Crippen molar-refractivity contribution < 1.29 is 4.39 Å². The summed E-state index contributed by atoms with van der Waals surface area (Å²) in [6.07, 6.45) is 0. The number of rotatable bonds is 6. The van der Waals surface area contributed by atoms with Crippen LogP contribution in [0.1, 0.15) is 5.56 Å². The summed E-state index contributed by atoms with van der Waals surface area (Å²) in [5.41, 5.74) is 3.46. The van der Waals surface area contributed by atoms with Crippen LogP contribution in [0.25, 0.3) is 10.4 Å². The van der Waals surface area contributed by atoms with Gasteiger partial charge in [-0.25, -0.2) is 4.39 Å². The van der Waals surface area contributed by atoms with Crippen LogP contribution in [-0.2, 0) is 6.54 Å². The van der Waals surface area contributed by atoms with E-state index in [0.717, 1.165) is 17.1 Å². The summed E-state index contributed by atoms with van der Waals surface area (Å²) in [4.78, 5) is 2.20. The minimum atomic E-state index is -0.218. The first-order valence-corrected chi connectivity index (χ1v) is 8.96.